The van der Waals surface area contributed by atoms with Gasteiger partial charge in [-0.15, -0.1) is 0 Å². The van der Waals surface area contributed by atoms with Crippen molar-refractivity contribution < 1.29 is 23.3 Å². The molecule has 0 unspecified atom stereocenters. The van der Waals surface area contributed by atoms with Crippen LogP contribution in [0.5, 0.6) is 0 Å². The molecule has 6 nitrogen and oxygen atoms in total. The van der Waals surface area contributed by atoms with Crippen molar-refractivity contribution in [3.8, 4) is 0 Å². The Labute approximate surface area is 165 Å². The van der Waals surface area contributed by atoms with E-state index in [0.29, 0.717) is 23.6 Å². The van der Waals surface area contributed by atoms with Crippen molar-refractivity contribution in [3.05, 3.63) is 58.8 Å². The molecule has 2 rings (SSSR count). The van der Waals surface area contributed by atoms with Crippen molar-refractivity contribution in [1.82, 2.24) is 10.2 Å². The van der Waals surface area contributed by atoms with Crippen LogP contribution >= 0.6 is 0 Å². The van der Waals surface area contributed by atoms with Gasteiger partial charge >= 0.3 is 0 Å². The molecule has 0 aliphatic heterocycles. The van der Waals surface area contributed by atoms with Crippen molar-refractivity contribution >= 4 is 11.8 Å². The number of carbonyl (C=O) groups is 2. The van der Waals surface area contributed by atoms with Crippen LogP contribution in [0.3, 0.4) is 0 Å². The SMILES string of the molecule is Cc1cc(C(=O)N(CCC(=O)NCC[NH+](C)C)Cc2ccc(F)cc2)c(C)o1. The van der Waals surface area contributed by atoms with Crippen molar-refractivity contribution in [1.29, 1.82) is 0 Å². The quantitative estimate of drug-likeness (QED) is 0.679. The molecule has 0 atom stereocenters. The van der Waals surface area contributed by atoms with Crippen molar-refractivity contribution in [2.45, 2.75) is 26.8 Å². The second-order valence-corrected chi connectivity index (χ2v) is 7.24. The number of hydrogen-bond donors (Lipinski definition) is 2. The Morgan fingerprint density at radius 1 is 1.18 bits per heavy atom. The molecule has 152 valence electrons. The smallest absolute Gasteiger partial charge is 0.257 e. The molecule has 2 N–H and O–H groups in total. The maximum absolute atomic E-state index is 13.2. The molecule has 1 aromatic heterocycles. The van der Waals surface area contributed by atoms with E-state index in [1.54, 1.807) is 36.9 Å². The van der Waals surface area contributed by atoms with E-state index in [4.69, 9.17) is 4.42 Å². The van der Waals surface area contributed by atoms with Crippen molar-refractivity contribution in [3.63, 3.8) is 0 Å². The topological polar surface area (TPSA) is 67.0 Å². The Morgan fingerprint density at radius 3 is 2.43 bits per heavy atom. The average Bonchev–Trinajstić information content (AvgIpc) is 2.97. The van der Waals surface area contributed by atoms with E-state index in [1.165, 1.54) is 17.0 Å². The predicted octanol–water partition coefficient (Wildman–Crippen LogP) is 1.33. The fraction of sp³-hybridized carbons (Fsp3) is 0.429. The number of halogens is 1. The molecule has 0 fully saturated rings. The van der Waals surface area contributed by atoms with Crippen LogP contribution in [0, 0.1) is 19.7 Å². The zero-order valence-corrected chi connectivity index (χ0v) is 17.0. The molecule has 2 amide bonds. The number of likely N-dealkylation sites (N-methyl/N-ethyl adjacent to an activating group) is 1. The number of carbonyl (C=O) groups excluding carboxylic acids is 2. The average molecular weight is 390 g/mol. The molecule has 28 heavy (non-hydrogen) atoms. The summed E-state index contributed by atoms with van der Waals surface area (Å²) >= 11 is 0. The Balaban J connectivity index is 2.07. The number of aryl methyl sites for hydroxylation is 2. The molecule has 0 radical (unpaired) electrons. The Kier molecular flexibility index (Phi) is 7.75. The minimum absolute atomic E-state index is 0.0988. The second-order valence-electron chi connectivity index (χ2n) is 7.24. The van der Waals surface area contributed by atoms with Gasteiger partial charge in [0.2, 0.25) is 5.91 Å². The third-order valence-corrected chi connectivity index (χ3v) is 4.40. The van der Waals surface area contributed by atoms with Gasteiger partial charge < -0.3 is 19.5 Å². The molecule has 0 spiro atoms. The summed E-state index contributed by atoms with van der Waals surface area (Å²) in [4.78, 5) is 28.0. The van der Waals surface area contributed by atoms with E-state index < -0.39 is 0 Å². The summed E-state index contributed by atoms with van der Waals surface area (Å²) < 4.78 is 18.7. The van der Waals surface area contributed by atoms with Crippen LogP contribution in [0.15, 0.2) is 34.7 Å². The first-order valence-corrected chi connectivity index (χ1v) is 9.42. The summed E-state index contributed by atoms with van der Waals surface area (Å²) in [6, 6.07) is 7.71. The third-order valence-electron chi connectivity index (χ3n) is 4.40. The molecule has 0 aliphatic rings. The van der Waals surface area contributed by atoms with Gasteiger partial charge in [-0.3, -0.25) is 9.59 Å². The lowest BCUT2D eigenvalue weighted by molar-refractivity contribution is -0.856. The van der Waals surface area contributed by atoms with E-state index >= 15 is 0 Å². The van der Waals surface area contributed by atoms with E-state index in [0.717, 1.165) is 12.1 Å². The molecular formula is C21H29FN3O3+. The molecular weight excluding hydrogens is 361 g/mol. The Hall–Kier alpha value is -2.67. The molecule has 0 saturated heterocycles. The lowest BCUT2D eigenvalue weighted by atomic mass is 10.1. The monoisotopic (exact) mass is 390 g/mol. The van der Waals surface area contributed by atoms with Gasteiger partial charge in [-0.1, -0.05) is 12.1 Å². The summed E-state index contributed by atoms with van der Waals surface area (Å²) in [5, 5.41) is 2.87. The fourth-order valence-electron chi connectivity index (χ4n) is 2.85. The minimum atomic E-state index is -0.328. The first-order chi connectivity index (χ1) is 13.3. The van der Waals surface area contributed by atoms with Gasteiger partial charge in [0.05, 0.1) is 32.7 Å². The molecule has 0 bridgehead atoms. The highest BCUT2D eigenvalue weighted by Gasteiger charge is 2.21. The highest BCUT2D eigenvalue weighted by Crippen LogP contribution is 2.18. The summed E-state index contributed by atoms with van der Waals surface area (Å²) in [6.07, 6.45) is 0.200. The molecule has 2 aromatic rings. The summed E-state index contributed by atoms with van der Waals surface area (Å²) in [7, 11) is 4.04. The van der Waals surface area contributed by atoms with E-state index in [-0.39, 0.29) is 37.1 Å². The zero-order chi connectivity index (χ0) is 20.7. The van der Waals surface area contributed by atoms with Crippen LogP contribution in [0.25, 0.3) is 0 Å². The number of furan rings is 1. The number of rotatable bonds is 9. The maximum Gasteiger partial charge on any atom is 0.257 e. The van der Waals surface area contributed by atoms with Crippen LogP contribution < -0.4 is 10.2 Å². The van der Waals surface area contributed by atoms with Crippen molar-refractivity contribution in [2.75, 3.05) is 33.7 Å². The van der Waals surface area contributed by atoms with Crippen LogP contribution in [-0.2, 0) is 11.3 Å². The third kappa shape index (κ3) is 6.49. The van der Waals surface area contributed by atoms with Gasteiger partial charge in [-0.25, -0.2) is 4.39 Å². The highest BCUT2D eigenvalue weighted by atomic mass is 19.1. The van der Waals surface area contributed by atoms with Gasteiger partial charge in [-0.2, -0.15) is 0 Å². The maximum atomic E-state index is 13.2. The summed E-state index contributed by atoms with van der Waals surface area (Å²) in [5.41, 5.74) is 1.28. The zero-order valence-electron chi connectivity index (χ0n) is 17.0. The van der Waals surface area contributed by atoms with E-state index in [2.05, 4.69) is 5.32 Å². The number of benzene rings is 1. The van der Waals surface area contributed by atoms with Crippen LogP contribution in [0.2, 0.25) is 0 Å². The second kappa shape index (κ2) is 10.0. The Bertz CT molecular complexity index is 800. The molecule has 7 heteroatoms. The minimum Gasteiger partial charge on any atom is -0.466 e. The molecule has 0 aliphatic carbocycles. The summed E-state index contributed by atoms with van der Waals surface area (Å²) in [5.74, 6) is 0.573. The number of amides is 2. The number of nitrogens with one attached hydrogen (secondary N) is 2. The van der Waals surface area contributed by atoms with Gasteiger partial charge in [0.1, 0.15) is 17.3 Å². The fourth-order valence-corrected chi connectivity index (χ4v) is 2.85. The van der Waals surface area contributed by atoms with Crippen LogP contribution in [0.4, 0.5) is 4.39 Å². The lowest BCUT2D eigenvalue weighted by Crippen LogP contribution is -3.06. The van der Waals surface area contributed by atoms with Crippen LogP contribution in [-0.4, -0.2) is 50.4 Å². The van der Waals surface area contributed by atoms with E-state index in [1.807, 2.05) is 14.1 Å². The molecule has 0 saturated carbocycles. The van der Waals surface area contributed by atoms with E-state index in [9.17, 15) is 14.0 Å². The van der Waals surface area contributed by atoms with Crippen LogP contribution in [0.1, 0.15) is 33.9 Å². The van der Waals surface area contributed by atoms with Crippen molar-refractivity contribution in [2.24, 2.45) is 0 Å². The standard InChI is InChI=1S/C21H28FN3O3/c1-15-13-19(16(2)28-15)21(27)25(14-17-5-7-18(22)8-6-17)11-9-20(26)23-10-12-24(3)4/h5-8,13H,9-12,14H2,1-4H3,(H,23,26)/p+1. The largest absolute Gasteiger partial charge is 0.466 e. The predicted molar refractivity (Wildman–Crippen MR) is 105 cm³/mol. The first-order valence-electron chi connectivity index (χ1n) is 9.42. The number of nitrogens with zero attached hydrogens (tertiary/aromatic N) is 1. The first kappa shape index (κ1) is 21.6. The molecule has 1 aromatic carbocycles. The number of quaternary nitrogens is 1. The molecule has 1 heterocycles. The van der Waals surface area contributed by atoms with Gasteiger partial charge in [0, 0.05) is 19.5 Å². The number of hydrogen-bond acceptors (Lipinski definition) is 3. The van der Waals surface area contributed by atoms with Gasteiger partial charge in [0.25, 0.3) is 5.91 Å². The Morgan fingerprint density at radius 2 is 1.86 bits per heavy atom. The normalized spacial score (nSPS) is 10.9. The highest BCUT2D eigenvalue weighted by molar-refractivity contribution is 5.95. The van der Waals surface area contributed by atoms with Gasteiger partial charge in [-0.05, 0) is 37.6 Å². The lowest BCUT2D eigenvalue weighted by Gasteiger charge is -2.22. The van der Waals surface area contributed by atoms with Gasteiger partial charge in [0.15, 0.2) is 0 Å². The summed E-state index contributed by atoms with van der Waals surface area (Å²) in [6.45, 7) is 5.50.